The fraction of sp³-hybridized carbons (Fsp3) is 0.455. The lowest BCUT2D eigenvalue weighted by atomic mass is 10.1. The molecule has 1 aliphatic heterocycles. The summed E-state index contributed by atoms with van der Waals surface area (Å²) in [5.74, 6) is 1.77. The maximum absolute atomic E-state index is 10.7. The summed E-state index contributed by atoms with van der Waals surface area (Å²) in [4.78, 5) is 6.11. The Morgan fingerprint density at radius 1 is 1.50 bits per heavy atom. The molecule has 0 spiro atoms. The largest absolute Gasteiger partial charge is 0.369 e. The molecule has 1 aliphatic carbocycles. The number of thiocarbonyl (C=S) groups is 1. The molecule has 3 nitrogen and oxygen atoms in total. The highest BCUT2D eigenvalue weighted by atomic mass is 32.2. The average molecular weight is 252 g/mol. The molecule has 1 saturated heterocycles. The molecule has 2 fully saturated rings. The van der Waals surface area contributed by atoms with Crippen LogP contribution in [-0.2, 0) is 0 Å². The van der Waals surface area contributed by atoms with Crippen molar-refractivity contribution in [2.45, 2.75) is 18.6 Å². The van der Waals surface area contributed by atoms with Crippen LogP contribution in [0.25, 0.3) is 0 Å². The minimum atomic E-state index is -0.809. The van der Waals surface area contributed by atoms with Crippen molar-refractivity contribution in [3.63, 3.8) is 0 Å². The van der Waals surface area contributed by atoms with Gasteiger partial charge in [0.1, 0.15) is 10.1 Å². The van der Waals surface area contributed by atoms with Crippen LogP contribution in [0.15, 0.2) is 24.4 Å². The first-order valence-electron chi connectivity index (χ1n) is 5.32. The molecule has 1 aromatic rings. The molecule has 3 rings (SSSR count). The summed E-state index contributed by atoms with van der Waals surface area (Å²) in [6.07, 6.45) is 3.90. The third-order valence-corrected chi connectivity index (χ3v) is 4.62. The van der Waals surface area contributed by atoms with Crippen molar-refractivity contribution >= 4 is 34.1 Å². The standard InChI is InChI=1S/C11H12N2OS2/c14-11(8-4-5-8)7-16-10(15)13(11)9-3-1-2-6-12-9/h1-3,6,8,14H,4-5,7H2. The zero-order valence-corrected chi connectivity index (χ0v) is 10.3. The summed E-state index contributed by atoms with van der Waals surface area (Å²) < 4.78 is 0.730. The van der Waals surface area contributed by atoms with Gasteiger partial charge in [-0.25, -0.2) is 4.98 Å². The molecular weight excluding hydrogens is 240 g/mol. The van der Waals surface area contributed by atoms with Crippen LogP contribution in [0.2, 0.25) is 0 Å². The maximum atomic E-state index is 10.7. The Morgan fingerprint density at radius 2 is 2.31 bits per heavy atom. The molecule has 0 bridgehead atoms. The minimum Gasteiger partial charge on any atom is -0.369 e. The SMILES string of the molecule is OC1(C2CC2)CSC(=S)N1c1ccccn1. The number of nitrogens with zero attached hydrogens (tertiary/aromatic N) is 2. The monoisotopic (exact) mass is 252 g/mol. The zero-order valence-electron chi connectivity index (χ0n) is 8.67. The quantitative estimate of drug-likeness (QED) is 0.815. The molecule has 2 heterocycles. The van der Waals surface area contributed by atoms with Gasteiger partial charge in [-0.1, -0.05) is 30.0 Å². The Bertz CT molecular complexity index is 421. The maximum Gasteiger partial charge on any atom is 0.156 e. The van der Waals surface area contributed by atoms with E-state index in [-0.39, 0.29) is 0 Å². The Hall–Kier alpha value is -0.650. The highest BCUT2D eigenvalue weighted by Crippen LogP contribution is 2.48. The van der Waals surface area contributed by atoms with E-state index in [1.165, 1.54) is 0 Å². The summed E-state index contributed by atoms with van der Waals surface area (Å²) in [7, 11) is 0. The number of aromatic nitrogens is 1. The average Bonchev–Trinajstić information content (AvgIpc) is 3.09. The number of anilines is 1. The van der Waals surface area contributed by atoms with Crippen LogP contribution in [0.3, 0.4) is 0 Å². The molecular formula is C11H12N2OS2. The van der Waals surface area contributed by atoms with Crippen LogP contribution in [0.5, 0.6) is 0 Å². The van der Waals surface area contributed by atoms with Crippen LogP contribution in [-0.4, -0.2) is 25.9 Å². The highest BCUT2D eigenvalue weighted by Gasteiger charge is 2.53. The van der Waals surface area contributed by atoms with Crippen LogP contribution in [0, 0.1) is 5.92 Å². The number of hydrogen-bond acceptors (Lipinski definition) is 4. The van der Waals surface area contributed by atoms with E-state index < -0.39 is 5.72 Å². The summed E-state index contributed by atoms with van der Waals surface area (Å²) in [6.45, 7) is 0. The third-order valence-electron chi connectivity index (χ3n) is 3.09. The number of aliphatic hydroxyl groups is 1. The summed E-state index contributed by atoms with van der Waals surface area (Å²) >= 11 is 6.85. The Balaban J connectivity index is 2.00. The molecule has 1 unspecified atom stereocenters. The minimum absolute atomic E-state index is 0.349. The second kappa shape index (κ2) is 3.68. The zero-order chi connectivity index (χ0) is 11.2. The molecule has 1 N–H and O–H groups in total. The van der Waals surface area contributed by atoms with E-state index in [0.29, 0.717) is 11.7 Å². The summed E-state index contributed by atoms with van der Waals surface area (Å²) in [5.41, 5.74) is -0.809. The van der Waals surface area contributed by atoms with Gasteiger partial charge >= 0.3 is 0 Å². The molecule has 16 heavy (non-hydrogen) atoms. The highest BCUT2D eigenvalue weighted by molar-refractivity contribution is 8.23. The number of rotatable bonds is 2. The molecule has 1 saturated carbocycles. The van der Waals surface area contributed by atoms with Crippen molar-refractivity contribution in [3.8, 4) is 0 Å². The number of pyridine rings is 1. The van der Waals surface area contributed by atoms with Gasteiger partial charge in [0, 0.05) is 17.9 Å². The van der Waals surface area contributed by atoms with Gasteiger partial charge < -0.3 is 5.11 Å². The number of hydrogen-bond donors (Lipinski definition) is 1. The Labute approximate surface area is 104 Å². The van der Waals surface area contributed by atoms with Gasteiger partial charge in [-0.3, -0.25) is 4.90 Å². The van der Waals surface area contributed by atoms with Gasteiger partial charge in [0.25, 0.3) is 0 Å². The lowest BCUT2D eigenvalue weighted by Crippen LogP contribution is -2.49. The van der Waals surface area contributed by atoms with Gasteiger partial charge in [-0.15, -0.1) is 0 Å². The van der Waals surface area contributed by atoms with Crippen LogP contribution in [0.1, 0.15) is 12.8 Å². The van der Waals surface area contributed by atoms with E-state index in [1.54, 1.807) is 18.0 Å². The van der Waals surface area contributed by atoms with Crippen LogP contribution >= 0.6 is 24.0 Å². The topological polar surface area (TPSA) is 36.4 Å². The molecule has 5 heteroatoms. The van der Waals surface area contributed by atoms with E-state index >= 15 is 0 Å². The lowest BCUT2D eigenvalue weighted by molar-refractivity contribution is 0.0551. The molecule has 0 radical (unpaired) electrons. The summed E-state index contributed by atoms with van der Waals surface area (Å²) in [6, 6.07) is 5.68. The van der Waals surface area contributed by atoms with Crippen LogP contribution in [0.4, 0.5) is 5.82 Å². The van der Waals surface area contributed by atoms with Crippen molar-refractivity contribution in [2.24, 2.45) is 5.92 Å². The fourth-order valence-corrected chi connectivity index (χ4v) is 3.59. The first-order valence-corrected chi connectivity index (χ1v) is 6.71. The molecule has 0 amide bonds. The molecule has 84 valence electrons. The Morgan fingerprint density at radius 3 is 2.94 bits per heavy atom. The van der Waals surface area contributed by atoms with Crippen molar-refractivity contribution in [1.29, 1.82) is 0 Å². The third kappa shape index (κ3) is 1.54. The van der Waals surface area contributed by atoms with E-state index in [9.17, 15) is 5.11 Å². The second-order valence-corrected chi connectivity index (χ2v) is 5.84. The predicted octanol–water partition coefficient (Wildman–Crippen LogP) is 2.02. The Kier molecular flexibility index (Phi) is 2.42. The lowest BCUT2D eigenvalue weighted by Gasteiger charge is -2.33. The van der Waals surface area contributed by atoms with Crippen molar-refractivity contribution in [1.82, 2.24) is 4.98 Å². The van der Waals surface area contributed by atoms with Gasteiger partial charge in [0.15, 0.2) is 5.72 Å². The summed E-state index contributed by atoms with van der Waals surface area (Å²) in [5, 5.41) is 10.7. The van der Waals surface area contributed by atoms with Crippen LogP contribution < -0.4 is 4.90 Å². The van der Waals surface area contributed by atoms with Crippen molar-refractivity contribution in [2.75, 3.05) is 10.7 Å². The molecule has 2 aliphatic rings. The normalized spacial score (nSPS) is 29.8. The van der Waals surface area contributed by atoms with Gasteiger partial charge in [-0.2, -0.15) is 0 Å². The predicted molar refractivity (Wildman–Crippen MR) is 69.4 cm³/mol. The smallest absolute Gasteiger partial charge is 0.156 e. The molecule has 1 atom stereocenters. The number of thioether (sulfide) groups is 1. The van der Waals surface area contributed by atoms with Crippen molar-refractivity contribution < 1.29 is 5.11 Å². The molecule has 1 aromatic heterocycles. The van der Waals surface area contributed by atoms with Crippen molar-refractivity contribution in [3.05, 3.63) is 24.4 Å². The second-order valence-electron chi connectivity index (χ2n) is 4.23. The van der Waals surface area contributed by atoms with Gasteiger partial charge in [0.05, 0.1) is 0 Å². The van der Waals surface area contributed by atoms with E-state index in [4.69, 9.17) is 12.2 Å². The first kappa shape index (κ1) is 10.5. The fourth-order valence-electron chi connectivity index (χ4n) is 2.08. The van der Waals surface area contributed by atoms with Gasteiger partial charge in [-0.05, 0) is 25.0 Å². The van der Waals surface area contributed by atoms with E-state index in [0.717, 1.165) is 23.0 Å². The van der Waals surface area contributed by atoms with E-state index in [1.807, 2.05) is 23.1 Å². The van der Waals surface area contributed by atoms with E-state index in [2.05, 4.69) is 4.98 Å². The first-order chi connectivity index (χ1) is 7.72. The van der Waals surface area contributed by atoms with Gasteiger partial charge in [0.2, 0.25) is 0 Å². The molecule has 0 aromatic carbocycles.